The minimum atomic E-state index is -0.419. The average Bonchev–Trinajstić information content (AvgIpc) is 3.24. The highest BCUT2D eigenvalue weighted by atomic mass is 35.5. The summed E-state index contributed by atoms with van der Waals surface area (Å²) in [6, 6.07) is 5.49. The molecule has 144 valence electrons. The molecule has 1 fully saturated rings. The molecule has 1 N–H and O–H groups in total. The van der Waals surface area contributed by atoms with Crippen LogP contribution in [0.1, 0.15) is 49.6 Å². The van der Waals surface area contributed by atoms with E-state index in [1.54, 1.807) is 11.0 Å². The molecule has 1 aromatic carbocycles. The van der Waals surface area contributed by atoms with Crippen molar-refractivity contribution in [2.75, 3.05) is 16.8 Å². The largest absolute Gasteiger partial charge is 0.312 e. The van der Waals surface area contributed by atoms with Gasteiger partial charge in [-0.25, -0.2) is 0 Å². The molecule has 0 aliphatic carbocycles. The number of aryl methyl sites for hydroxylation is 1. The number of rotatable bonds is 6. The first-order valence-corrected chi connectivity index (χ1v) is 10.3. The number of aromatic nitrogens is 2. The molecule has 2 amide bonds. The number of hydrogen-bond acceptors (Lipinski definition) is 5. The molecule has 1 saturated heterocycles. The molecule has 8 heteroatoms. The van der Waals surface area contributed by atoms with Crippen molar-refractivity contribution in [3.63, 3.8) is 0 Å². The Morgan fingerprint density at radius 3 is 2.93 bits per heavy atom. The van der Waals surface area contributed by atoms with Gasteiger partial charge in [-0.15, -0.1) is 10.2 Å². The van der Waals surface area contributed by atoms with Gasteiger partial charge in [0.1, 0.15) is 5.01 Å². The second-order valence-electron chi connectivity index (χ2n) is 6.96. The molecule has 2 unspecified atom stereocenters. The first-order valence-electron chi connectivity index (χ1n) is 9.09. The second kappa shape index (κ2) is 8.35. The van der Waals surface area contributed by atoms with Crippen LogP contribution in [-0.4, -0.2) is 28.6 Å². The zero-order valence-corrected chi connectivity index (χ0v) is 17.2. The number of benzene rings is 1. The van der Waals surface area contributed by atoms with Crippen molar-refractivity contribution in [2.45, 2.75) is 46.0 Å². The Labute approximate surface area is 167 Å². The van der Waals surface area contributed by atoms with E-state index in [1.807, 2.05) is 19.1 Å². The maximum Gasteiger partial charge on any atom is 0.231 e. The number of carbonyl (C=O) groups excluding carboxylic acids is 2. The summed E-state index contributed by atoms with van der Waals surface area (Å²) in [4.78, 5) is 26.6. The van der Waals surface area contributed by atoms with Crippen LogP contribution in [0.2, 0.25) is 5.02 Å². The van der Waals surface area contributed by atoms with E-state index < -0.39 is 5.92 Å². The number of carbonyl (C=O) groups is 2. The van der Waals surface area contributed by atoms with Crippen LogP contribution in [-0.2, 0) is 9.59 Å². The lowest BCUT2D eigenvalue weighted by atomic mass is 10.1. The number of hydrogen-bond donors (Lipinski definition) is 1. The zero-order chi connectivity index (χ0) is 19.6. The maximum atomic E-state index is 12.6. The van der Waals surface area contributed by atoms with Gasteiger partial charge in [0.25, 0.3) is 0 Å². The lowest BCUT2D eigenvalue weighted by Gasteiger charge is -2.17. The van der Waals surface area contributed by atoms with Crippen LogP contribution in [0.5, 0.6) is 0 Å². The number of halogens is 1. The van der Waals surface area contributed by atoms with Crippen LogP contribution in [0.25, 0.3) is 0 Å². The third kappa shape index (κ3) is 4.47. The Bertz CT molecular complexity index is 854. The van der Waals surface area contributed by atoms with Gasteiger partial charge in [-0.2, -0.15) is 0 Å². The van der Waals surface area contributed by atoms with Gasteiger partial charge in [0.15, 0.2) is 0 Å². The van der Waals surface area contributed by atoms with Crippen molar-refractivity contribution in [2.24, 2.45) is 5.92 Å². The number of anilines is 2. The molecule has 0 spiro atoms. The molecule has 1 aliphatic rings. The summed E-state index contributed by atoms with van der Waals surface area (Å²) < 4.78 is 0. The predicted octanol–water partition coefficient (Wildman–Crippen LogP) is 4.40. The van der Waals surface area contributed by atoms with Gasteiger partial charge in [-0.3, -0.25) is 9.59 Å². The van der Waals surface area contributed by atoms with E-state index in [0.717, 1.165) is 29.1 Å². The van der Waals surface area contributed by atoms with Crippen molar-refractivity contribution in [1.29, 1.82) is 0 Å². The molecule has 6 nitrogen and oxygen atoms in total. The summed E-state index contributed by atoms with van der Waals surface area (Å²) in [5.74, 6) is -0.370. The van der Waals surface area contributed by atoms with E-state index >= 15 is 0 Å². The highest BCUT2D eigenvalue weighted by molar-refractivity contribution is 7.15. The fourth-order valence-corrected chi connectivity index (χ4v) is 4.14. The zero-order valence-electron chi connectivity index (χ0n) is 15.7. The van der Waals surface area contributed by atoms with E-state index in [-0.39, 0.29) is 18.2 Å². The van der Waals surface area contributed by atoms with Gasteiger partial charge < -0.3 is 10.2 Å². The quantitative estimate of drug-likeness (QED) is 0.771. The first kappa shape index (κ1) is 19.8. The first-order chi connectivity index (χ1) is 12.9. The Kier molecular flexibility index (Phi) is 6.11. The van der Waals surface area contributed by atoms with Crippen LogP contribution >= 0.6 is 22.9 Å². The predicted molar refractivity (Wildman–Crippen MR) is 109 cm³/mol. The monoisotopic (exact) mass is 406 g/mol. The normalized spacial score (nSPS) is 18.0. The third-order valence-electron chi connectivity index (χ3n) is 4.78. The topological polar surface area (TPSA) is 75.2 Å². The smallest absolute Gasteiger partial charge is 0.231 e. The minimum absolute atomic E-state index is 0.0791. The highest BCUT2D eigenvalue weighted by Gasteiger charge is 2.35. The molecule has 3 rings (SSSR count). The van der Waals surface area contributed by atoms with Crippen LogP contribution in [0.15, 0.2) is 18.2 Å². The number of nitrogens with one attached hydrogen (secondary N) is 1. The Hall–Kier alpha value is -1.99. The van der Waals surface area contributed by atoms with Crippen molar-refractivity contribution in [3.8, 4) is 0 Å². The van der Waals surface area contributed by atoms with Crippen LogP contribution in [0.4, 0.5) is 10.8 Å². The standard InChI is InChI=1S/C19H23ClN4O2S/c1-4-5-12(3)18-22-23-19(27-18)21-17(26)13-8-16(25)24(10-13)14-7-6-11(2)15(20)9-14/h6-7,9,12-13H,4-5,8,10H2,1-3H3,(H,21,23,26). The van der Waals surface area contributed by atoms with Crippen LogP contribution in [0, 0.1) is 12.8 Å². The Morgan fingerprint density at radius 2 is 2.22 bits per heavy atom. The molecule has 1 aromatic heterocycles. The van der Waals surface area contributed by atoms with Crippen molar-refractivity contribution < 1.29 is 9.59 Å². The number of amides is 2. The molecule has 2 aromatic rings. The minimum Gasteiger partial charge on any atom is -0.312 e. The van der Waals surface area contributed by atoms with Gasteiger partial charge in [-0.05, 0) is 31.0 Å². The van der Waals surface area contributed by atoms with Gasteiger partial charge in [-0.1, -0.05) is 49.3 Å². The molecule has 2 heterocycles. The van der Waals surface area contributed by atoms with E-state index in [0.29, 0.717) is 22.6 Å². The van der Waals surface area contributed by atoms with Crippen molar-refractivity contribution in [3.05, 3.63) is 33.8 Å². The lowest BCUT2D eigenvalue weighted by molar-refractivity contribution is -0.122. The van der Waals surface area contributed by atoms with Gasteiger partial charge in [0.05, 0.1) is 5.92 Å². The molecular formula is C19H23ClN4O2S. The molecule has 0 bridgehead atoms. The van der Waals surface area contributed by atoms with Crippen LogP contribution in [0.3, 0.4) is 0 Å². The Morgan fingerprint density at radius 1 is 1.44 bits per heavy atom. The van der Waals surface area contributed by atoms with Gasteiger partial charge in [0, 0.05) is 29.6 Å². The lowest BCUT2D eigenvalue weighted by Crippen LogP contribution is -2.28. The maximum absolute atomic E-state index is 12.6. The van der Waals surface area contributed by atoms with E-state index in [1.165, 1.54) is 11.3 Å². The summed E-state index contributed by atoms with van der Waals surface area (Å²) in [5, 5.41) is 13.1. The molecule has 2 atom stereocenters. The van der Waals surface area contributed by atoms with Crippen molar-refractivity contribution in [1.82, 2.24) is 10.2 Å². The molecule has 27 heavy (non-hydrogen) atoms. The third-order valence-corrected chi connectivity index (χ3v) is 6.25. The summed E-state index contributed by atoms with van der Waals surface area (Å²) in [5.41, 5.74) is 1.67. The molecular weight excluding hydrogens is 384 g/mol. The average molecular weight is 407 g/mol. The second-order valence-corrected chi connectivity index (χ2v) is 8.38. The van der Waals surface area contributed by atoms with Crippen molar-refractivity contribution >= 4 is 45.6 Å². The van der Waals surface area contributed by atoms with E-state index in [2.05, 4.69) is 29.4 Å². The Balaban J connectivity index is 1.64. The fourth-order valence-electron chi connectivity index (χ4n) is 3.13. The highest BCUT2D eigenvalue weighted by Crippen LogP contribution is 2.30. The molecule has 0 saturated carbocycles. The van der Waals surface area contributed by atoms with Gasteiger partial charge in [0.2, 0.25) is 16.9 Å². The summed E-state index contributed by atoms with van der Waals surface area (Å²) >= 11 is 7.56. The summed E-state index contributed by atoms with van der Waals surface area (Å²) in [7, 11) is 0. The number of nitrogens with zero attached hydrogens (tertiary/aromatic N) is 3. The van der Waals surface area contributed by atoms with E-state index in [9.17, 15) is 9.59 Å². The summed E-state index contributed by atoms with van der Waals surface area (Å²) in [6.07, 6.45) is 2.29. The molecule has 0 radical (unpaired) electrons. The summed E-state index contributed by atoms with van der Waals surface area (Å²) in [6.45, 7) is 6.48. The van der Waals surface area contributed by atoms with Crippen LogP contribution < -0.4 is 10.2 Å². The SMILES string of the molecule is CCCC(C)c1nnc(NC(=O)C2CC(=O)N(c3ccc(C)c(Cl)c3)C2)s1. The molecule has 1 aliphatic heterocycles. The fraction of sp³-hybridized carbons (Fsp3) is 0.474. The van der Waals surface area contributed by atoms with E-state index in [4.69, 9.17) is 11.6 Å². The van der Waals surface area contributed by atoms with Gasteiger partial charge >= 0.3 is 0 Å².